The quantitative estimate of drug-likeness (QED) is 0.150. The van der Waals surface area contributed by atoms with Crippen molar-refractivity contribution in [3.05, 3.63) is 0 Å². The number of halogens is 3. The van der Waals surface area contributed by atoms with E-state index in [2.05, 4.69) is 90.0 Å². The van der Waals surface area contributed by atoms with Crippen molar-refractivity contribution in [2.45, 2.75) is 287 Å². The Kier molecular flexibility index (Phi) is 33.1. The van der Waals surface area contributed by atoms with Crippen LogP contribution < -0.4 is 0 Å². The Hall–Kier alpha value is -0.490. The van der Waals surface area contributed by atoms with E-state index >= 15 is 0 Å². The average molecular weight is 1020 g/mol. The van der Waals surface area contributed by atoms with E-state index in [0.717, 1.165) is 63.1 Å². The number of aliphatic hydroxyl groups excluding tert-OH is 6. The first kappa shape index (κ1) is 68.5. The van der Waals surface area contributed by atoms with Crippen molar-refractivity contribution in [2.75, 3.05) is 13.2 Å². The molecule has 0 aromatic rings. The molecule has 1 unspecified atom stereocenters. The molecule has 0 amide bonds. The lowest BCUT2D eigenvalue weighted by Crippen LogP contribution is -2.39. The van der Waals surface area contributed by atoms with E-state index in [1.807, 2.05) is 13.8 Å². The number of hydrogen-bond donors (Lipinski definition) is 6. The first-order chi connectivity index (χ1) is 32.9. The van der Waals surface area contributed by atoms with Crippen LogP contribution in [0.3, 0.4) is 0 Å². The van der Waals surface area contributed by atoms with E-state index in [-0.39, 0.29) is 55.5 Å². The molecular weight excluding hydrogens is 902 g/mol. The number of rotatable bonds is 7. The van der Waals surface area contributed by atoms with Gasteiger partial charge in [0.1, 0.15) is 5.67 Å². The van der Waals surface area contributed by atoms with Crippen molar-refractivity contribution < 1.29 is 48.5 Å². The number of hydrogen-bond acceptors (Lipinski definition) is 7. The van der Waals surface area contributed by atoms with E-state index < -0.39 is 23.8 Å². The van der Waals surface area contributed by atoms with Gasteiger partial charge in [0.05, 0.1) is 43.2 Å². The fourth-order valence-electron chi connectivity index (χ4n) is 12.6. The molecule has 7 fully saturated rings. The Morgan fingerprint density at radius 2 is 0.732 bits per heavy atom. The highest BCUT2D eigenvalue weighted by molar-refractivity contribution is 4.89. The number of aliphatic hydroxyl groups is 6. The third-order valence-electron chi connectivity index (χ3n) is 18.1. The maximum atomic E-state index is 13.4. The van der Waals surface area contributed by atoms with Crippen LogP contribution in [0.25, 0.3) is 0 Å². The highest BCUT2D eigenvalue weighted by Crippen LogP contribution is 2.41. The molecule has 7 nitrogen and oxygen atoms in total. The Morgan fingerprint density at radius 3 is 1.01 bits per heavy atom. The predicted molar refractivity (Wildman–Crippen MR) is 291 cm³/mol. The normalized spacial score (nSPS) is 36.8. The van der Waals surface area contributed by atoms with Crippen LogP contribution in [0, 0.1) is 88.8 Å². The van der Waals surface area contributed by atoms with Crippen molar-refractivity contribution in [1.29, 1.82) is 0 Å². The van der Waals surface area contributed by atoms with Gasteiger partial charge in [-0.05, 0) is 160 Å². The molecule has 7 rings (SSSR count). The lowest BCUT2D eigenvalue weighted by atomic mass is 9.69. The zero-order valence-electron chi connectivity index (χ0n) is 48.9. The topological polar surface area (TPSA) is 131 Å². The number of ether oxygens (including phenoxy) is 1. The molecule has 0 aromatic heterocycles. The van der Waals surface area contributed by atoms with Crippen LogP contribution in [0.5, 0.6) is 0 Å². The largest absolute Gasteiger partial charge is 0.393 e. The molecule has 1 aliphatic heterocycles. The van der Waals surface area contributed by atoms with Gasteiger partial charge >= 0.3 is 0 Å². The molecular formula is C61H119F3O7. The summed E-state index contributed by atoms with van der Waals surface area (Å²) in [6.45, 7) is 35.5. The molecule has 7 aliphatic rings. The maximum Gasteiger partial charge on any atom is 0.248 e. The molecule has 6 aliphatic carbocycles. The molecule has 6 N–H and O–H groups in total. The van der Waals surface area contributed by atoms with Gasteiger partial charge in [-0.3, -0.25) is 0 Å². The summed E-state index contributed by atoms with van der Waals surface area (Å²) in [5.41, 5.74) is -1.13. The number of alkyl halides is 3. The van der Waals surface area contributed by atoms with Crippen molar-refractivity contribution in [1.82, 2.24) is 0 Å². The molecule has 71 heavy (non-hydrogen) atoms. The van der Waals surface area contributed by atoms with Gasteiger partial charge in [0.2, 0.25) is 5.92 Å². The summed E-state index contributed by atoms with van der Waals surface area (Å²) in [4.78, 5) is 0. The first-order valence-electron chi connectivity index (χ1n) is 29.7. The molecule has 0 spiro atoms. The summed E-state index contributed by atoms with van der Waals surface area (Å²) in [5.74, 6) is 5.77. The minimum absolute atomic E-state index is 0.00463. The third-order valence-corrected chi connectivity index (χ3v) is 18.1. The van der Waals surface area contributed by atoms with Gasteiger partial charge in [-0.15, -0.1) is 0 Å². The molecule has 0 aromatic carbocycles. The van der Waals surface area contributed by atoms with Crippen LogP contribution in [-0.4, -0.2) is 92.1 Å². The Labute approximate surface area is 436 Å². The van der Waals surface area contributed by atoms with Crippen molar-refractivity contribution in [2.24, 2.45) is 88.8 Å². The molecule has 0 radical (unpaired) electrons. The van der Waals surface area contributed by atoms with Crippen LogP contribution in [0.15, 0.2) is 0 Å². The van der Waals surface area contributed by atoms with E-state index in [1.54, 1.807) is 6.92 Å². The third kappa shape index (κ3) is 26.4. The Morgan fingerprint density at radius 1 is 0.366 bits per heavy atom. The summed E-state index contributed by atoms with van der Waals surface area (Å²) < 4.78 is 44.4. The monoisotopic (exact) mass is 1020 g/mol. The molecule has 10 heteroatoms. The van der Waals surface area contributed by atoms with Crippen LogP contribution in [0.2, 0.25) is 0 Å². The molecule has 426 valence electrons. The van der Waals surface area contributed by atoms with Crippen molar-refractivity contribution >= 4 is 0 Å². The summed E-state index contributed by atoms with van der Waals surface area (Å²) in [6.07, 6.45) is 17.5. The summed E-state index contributed by atoms with van der Waals surface area (Å²) in [6, 6.07) is 0. The maximum absolute atomic E-state index is 13.4. The molecule has 15 atom stereocenters. The molecule has 6 saturated carbocycles. The van der Waals surface area contributed by atoms with Gasteiger partial charge in [-0.1, -0.05) is 142 Å². The van der Waals surface area contributed by atoms with Gasteiger partial charge in [0.25, 0.3) is 0 Å². The van der Waals surface area contributed by atoms with Crippen molar-refractivity contribution in [3.8, 4) is 0 Å². The second kappa shape index (κ2) is 34.3. The van der Waals surface area contributed by atoms with Crippen LogP contribution in [0.1, 0.15) is 239 Å². The van der Waals surface area contributed by atoms with Gasteiger partial charge in [-0.25, -0.2) is 13.2 Å². The van der Waals surface area contributed by atoms with Gasteiger partial charge < -0.3 is 35.4 Å². The average Bonchev–Trinajstić information content (AvgIpc) is 3.71. The second-order valence-electron chi connectivity index (χ2n) is 26.4. The molecule has 0 bridgehead atoms. The van der Waals surface area contributed by atoms with Gasteiger partial charge in [-0.2, -0.15) is 0 Å². The SMILES string of the molecule is CC(C)[C@H]1CC(F)(F)CC[C@@H]1O.CC(C)[C@H]1CCC(C)(F)C[C@@H]1O.CC(C)[C@H]1CCCC[C@@H]1O.CC(C)[C@H]1CCCC[C@@H]1O.CC(C)[C@H]1CCC[C@@H]1O.CC(C)[C@H]1CC[C@@H]1C.CC(C)[C@H]1COCC[C@@H]1O. The van der Waals surface area contributed by atoms with E-state index in [4.69, 9.17) is 4.74 Å². The first-order valence-corrected chi connectivity index (χ1v) is 29.7. The smallest absolute Gasteiger partial charge is 0.248 e. The van der Waals surface area contributed by atoms with Gasteiger partial charge in [0, 0.05) is 31.8 Å². The Bertz CT molecular complexity index is 1260. The van der Waals surface area contributed by atoms with Crippen molar-refractivity contribution in [3.63, 3.8) is 0 Å². The predicted octanol–water partition coefficient (Wildman–Crippen LogP) is 14.9. The zero-order chi connectivity index (χ0) is 54.4. The lowest BCUT2D eigenvalue weighted by molar-refractivity contribution is -0.101. The molecule has 1 saturated heterocycles. The summed E-state index contributed by atoms with van der Waals surface area (Å²) >= 11 is 0. The minimum atomic E-state index is -2.55. The minimum Gasteiger partial charge on any atom is -0.393 e. The highest BCUT2D eigenvalue weighted by Gasteiger charge is 2.42. The van der Waals surface area contributed by atoms with Gasteiger partial charge in [0.15, 0.2) is 0 Å². The summed E-state index contributed by atoms with van der Waals surface area (Å²) in [5, 5.41) is 57.0. The Balaban J connectivity index is 0.000000416. The summed E-state index contributed by atoms with van der Waals surface area (Å²) in [7, 11) is 0. The van der Waals surface area contributed by atoms with Crippen LogP contribution in [0.4, 0.5) is 13.2 Å². The van der Waals surface area contributed by atoms with E-state index in [1.165, 1.54) is 64.2 Å². The van der Waals surface area contributed by atoms with E-state index in [9.17, 15) is 43.8 Å². The highest BCUT2D eigenvalue weighted by atomic mass is 19.3. The fraction of sp³-hybridized carbons (Fsp3) is 1.00. The van der Waals surface area contributed by atoms with Crippen LogP contribution >= 0.6 is 0 Å². The standard InChI is InChI=1S/C10H19FO.C9H16F2O.2C9H18O.C8H16O2.C8H16O.C8H16/c1-7(2)8-4-5-10(3,11)6-9(8)12;1-6(2)7-5-9(10,11)4-3-8(7)12;2*1-7(2)8-5-3-4-6-9(8)10;1-6(2)7-5-10-4-3-8(7)9;1-6(2)7-4-3-5-8(7)9;1-6(2)8-5-4-7(8)3/h7-9,12H,4-6H2,1-3H3;6-8,12H,3-5H2,1-2H3;2*7-10H,3-6H2,1-2H3;6-9H,3-5H2,1-2H3;6-9H,3-5H2,1-2H3;6-8H,4-5H2,1-3H3/t8-,9+,10?;7-,8+;2*8-,9+;3*7-,8+/m1111110/s1. The zero-order valence-corrected chi connectivity index (χ0v) is 48.9. The van der Waals surface area contributed by atoms with Crippen LogP contribution in [-0.2, 0) is 4.74 Å². The molecule has 1 heterocycles. The lowest BCUT2D eigenvalue weighted by Gasteiger charge is -2.37. The van der Waals surface area contributed by atoms with E-state index in [0.29, 0.717) is 72.0 Å². The fourth-order valence-corrected chi connectivity index (χ4v) is 12.6. The second-order valence-corrected chi connectivity index (χ2v) is 26.4.